The Morgan fingerprint density at radius 1 is 0.909 bits per heavy atom. The third kappa shape index (κ3) is 3.20. The highest BCUT2D eigenvalue weighted by atomic mass is 19.1. The molecule has 0 saturated heterocycles. The van der Waals surface area contributed by atoms with E-state index in [-0.39, 0.29) is 11.6 Å². The summed E-state index contributed by atoms with van der Waals surface area (Å²) in [7, 11) is 0. The average molecular weight is 292 g/mol. The zero-order chi connectivity index (χ0) is 15.4. The van der Waals surface area contributed by atoms with Crippen LogP contribution in [-0.2, 0) is 0 Å². The number of ether oxygens (including phenoxy) is 1. The normalized spacial score (nSPS) is 11.0. The highest BCUT2D eigenvalue weighted by Gasteiger charge is 2.02. The number of allylic oxidation sites excluding steroid dienone is 1. The van der Waals surface area contributed by atoms with Crippen molar-refractivity contribution in [1.29, 1.82) is 0 Å². The van der Waals surface area contributed by atoms with Crippen LogP contribution in [0.1, 0.15) is 10.4 Å². The molecule has 22 heavy (non-hydrogen) atoms. The van der Waals surface area contributed by atoms with Gasteiger partial charge >= 0.3 is 0 Å². The van der Waals surface area contributed by atoms with Gasteiger partial charge in [0.05, 0.1) is 6.26 Å². The van der Waals surface area contributed by atoms with E-state index in [1.54, 1.807) is 0 Å². The van der Waals surface area contributed by atoms with Crippen LogP contribution >= 0.6 is 0 Å². The lowest BCUT2D eigenvalue weighted by Gasteiger charge is -2.02. The van der Waals surface area contributed by atoms with Crippen molar-refractivity contribution in [1.82, 2.24) is 0 Å². The fourth-order valence-electron chi connectivity index (χ4n) is 2.13. The first-order chi connectivity index (χ1) is 10.7. The molecule has 3 aromatic rings. The number of ketones is 1. The van der Waals surface area contributed by atoms with Gasteiger partial charge in [-0.15, -0.1) is 0 Å². The molecule has 3 rings (SSSR count). The molecular weight excluding hydrogens is 279 g/mol. The lowest BCUT2D eigenvalue weighted by atomic mass is 10.1. The van der Waals surface area contributed by atoms with Crippen molar-refractivity contribution >= 4 is 16.6 Å². The minimum atomic E-state index is -0.368. The van der Waals surface area contributed by atoms with Gasteiger partial charge in [0.1, 0.15) is 11.6 Å². The molecule has 0 aromatic heterocycles. The Kier molecular flexibility index (Phi) is 3.97. The topological polar surface area (TPSA) is 26.3 Å². The maximum atomic E-state index is 12.8. The smallest absolute Gasteiger partial charge is 0.188 e. The fourth-order valence-corrected chi connectivity index (χ4v) is 2.13. The van der Waals surface area contributed by atoms with Gasteiger partial charge in [-0.3, -0.25) is 4.79 Å². The number of benzene rings is 3. The van der Waals surface area contributed by atoms with Crippen LogP contribution < -0.4 is 4.74 Å². The molecule has 0 aliphatic carbocycles. The highest BCUT2D eigenvalue weighted by molar-refractivity contribution is 6.04. The van der Waals surface area contributed by atoms with Gasteiger partial charge < -0.3 is 4.74 Å². The molecule has 0 saturated carbocycles. The maximum Gasteiger partial charge on any atom is 0.188 e. The number of hydrogen-bond donors (Lipinski definition) is 0. The van der Waals surface area contributed by atoms with Crippen LogP contribution in [0.2, 0.25) is 0 Å². The number of halogens is 1. The second kappa shape index (κ2) is 6.22. The average Bonchev–Trinajstić information content (AvgIpc) is 2.55. The molecule has 0 aliphatic rings. The zero-order valence-corrected chi connectivity index (χ0v) is 11.7. The largest absolute Gasteiger partial charge is 0.465 e. The molecule has 3 heteroatoms. The predicted octanol–water partition coefficient (Wildman–Crippen LogP) is 4.75. The predicted molar refractivity (Wildman–Crippen MR) is 84.4 cm³/mol. The van der Waals surface area contributed by atoms with Gasteiger partial charge in [-0.1, -0.05) is 30.3 Å². The van der Waals surface area contributed by atoms with Crippen molar-refractivity contribution in [3.05, 3.63) is 90.4 Å². The summed E-state index contributed by atoms with van der Waals surface area (Å²) >= 11 is 0. The molecule has 0 heterocycles. The SMILES string of the molecule is O=C(/C=C/Oc1ccc2ccccc2c1)c1ccc(F)cc1. The Bertz CT molecular complexity index is 835. The van der Waals surface area contributed by atoms with E-state index in [2.05, 4.69) is 0 Å². The van der Waals surface area contributed by atoms with E-state index < -0.39 is 0 Å². The molecule has 0 fully saturated rings. The summed E-state index contributed by atoms with van der Waals surface area (Å²) in [4.78, 5) is 11.9. The maximum absolute atomic E-state index is 12.8. The lowest BCUT2D eigenvalue weighted by Crippen LogP contribution is -1.95. The Hall–Kier alpha value is -2.94. The number of fused-ring (bicyclic) bond motifs is 1. The molecule has 0 atom stereocenters. The summed E-state index contributed by atoms with van der Waals surface area (Å²) in [5, 5.41) is 2.19. The Balaban J connectivity index is 1.70. The lowest BCUT2D eigenvalue weighted by molar-refractivity contribution is 0.104. The highest BCUT2D eigenvalue weighted by Crippen LogP contribution is 2.20. The van der Waals surface area contributed by atoms with Crippen LogP contribution in [0.5, 0.6) is 5.75 Å². The molecular formula is C19H13FO2. The van der Waals surface area contributed by atoms with Gasteiger partial charge in [0.15, 0.2) is 5.78 Å². The summed E-state index contributed by atoms with van der Waals surface area (Å²) in [6, 6.07) is 19.1. The minimum Gasteiger partial charge on any atom is -0.465 e. The number of hydrogen-bond acceptors (Lipinski definition) is 2. The third-order valence-corrected chi connectivity index (χ3v) is 3.27. The molecule has 0 N–H and O–H groups in total. The summed E-state index contributed by atoms with van der Waals surface area (Å²) in [6.45, 7) is 0. The van der Waals surface area contributed by atoms with Gasteiger partial charge in [-0.2, -0.15) is 0 Å². The van der Waals surface area contributed by atoms with Gasteiger partial charge in [-0.05, 0) is 47.2 Å². The van der Waals surface area contributed by atoms with Crippen molar-refractivity contribution in [2.75, 3.05) is 0 Å². The van der Waals surface area contributed by atoms with Crippen LogP contribution in [-0.4, -0.2) is 5.78 Å². The quantitative estimate of drug-likeness (QED) is 0.394. The van der Waals surface area contributed by atoms with Crippen molar-refractivity contribution < 1.29 is 13.9 Å². The number of carbonyl (C=O) groups is 1. The van der Waals surface area contributed by atoms with E-state index in [1.165, 1.54) is 36.6 Å². The molecule has 0 bridgehead atoms. The molecule has 2 nitrogen and oxygen atoms in total. The Morgan fingerprint density at radius 2 is 1.64 bits per heavy atom. The van der Waals surface area contributed by atoms with Gasteiger partial charge in [0.25, 0.3) is 0 Å². The summed E-state index contributed by atoms with van der Waals surface area (Å²) in [6.07, 6.45) is 2.66. The van der Waals surface area contributed by atoms with Crippen molar-refractivity contribution in [3.8, 4) is 5.75 Å². The molecule has 0 unspecified atom stereocenters. The molecule has 0 spiro atoms. The first-order valence-corrected chi connectivity index (χ1v) is 6.84. The van der Waals surface area contributed by atoms with Crippen LogP contribution in [0.15, 0.2) is 79.1 Å². The van der Waals surface area contributed by atoms with E-state index in [0.717, 1.165) is 10.8 Å². The van der Waals surface area contributed by atoms with Gasteiger partial charge in [-0.25, -0.2) is 4.39 Å². The van der Waals surface area contributed by atoms with Crippen molar-refractivity contribution in [2.24, 2.45) is 0 Å². The summed E-state index contributed by atoms with van der Waals surface area (Å²) in [5.41, 5.74) is 0.416. The Labute approximate surface area is 127 Å². The van der Waals surface area contributed by atoms with Crippen LogP contribution in [0.3, 0.4) is 0 Å². The third-order valence-electron chi connectivity index (χ3n) is 3.27. The standard InChI is InChI=1S/C19H13FO2/c20-17-8-5-15(6-9-17)19(21)11-12-22-18-10-7-14-3-1-2-4-16(14)13-18/h1-13H/b12-11+. The van der Waals surface area contributed by atoms with Crippen molar-refractivity contribution in [3.63, 3.8) is 0 Å². The fraction of sp³-hybridized carbons (Fsp3) is 0. The molecule has 0 aliphatic heterocycles. The molecule has 3 aromatic carbocycles. The Morgan fingerprint density at radius 3 is 2.41 bits per heavy atom. The van der Waals surface area contributed by atoms with Crippen LogP contribution in [0.25, 0.3) is 10.8 Å². The second-order valence-corrected chi connectivity index (χ2v) is 4.80. The molecule has 108 valence electrons. The molecule has 0 radical (unpaired) electrons. The van der Waals surface area contributed by atoms with E-state index in [0.29, 0.717) is 11.3 Å². The van der Waals surface area contributed by atoms with E-state index >= 15 is 0 Å². The van der Waals surface area contributed by atoms with E-state index in [1.807, 2.05) is 42.5 Å². The van der Waals surface area contributed by atoms with Gasteiger partial charge in [0, 0.05) is 11.6 Å². The second-order valence-electron chi connectivity index (χ2n) is 4.80. The first kappa shape index (κ1) is 14.0. The van der Waals surface area contributed by atoms with Gasteiger partial charge in [0.2, 0.25) is 0 Å². The molecule has 0 amide bonds. The zero-order valence-electron chi connectivity index (χ0n) is 11.7. The summed E-state index contributed by atoms with van der Waals surface area (Å²) < 4.78 is 18.3. The van der Waals surface area contributed by atoms with E-state index in [4.69, 9.17) is 4.74 Å². The van der Waals surface area contributed by atoms with Crippen LogP contribution in [0.4, 0.5) is 4.39 Å². The van der Waals surface area contributed by atoms with E-state index in [9.17, 15) is 9.18 Å². The minimum absolute atomic E-state index is 0.235. The van der Waals surface area contributed by atoms with Crippen molar-refractivity contribution in [2.45, 2.75) is 0 Å². The monoisotopic (exact) mass is 292 g/mol. The summed E-state index contributed by atoms with van der Waals surface area (Å²) in [5.74, 6) is 0.0515. The number of carbonyl (C=O) groups excluding carboxylic acids is 1. The number of rotatable bonds is 4. The van der Waals surface area contributed by atoms with Crippen LogP contribution in [0, 0.1) is 5.82 Å². The first-order valence-electron chi connectivity index (χ1n) is 6.84.